The van der Waals surface area contributed by atoms with Gasteiger partial charge >= 0.3 is 0 Å². The van der Waals surface area contributed by atoms with Crippen LogP contribution in [0, 0.1) is 0 Å². The van der Waals surface area contributed by atoms with Crippen molar-refractivity contribution in [3.63, 3.8) is 0 Å². The first kappa shape index (κ1) is 34.0. The van der Waals surface area contributed by atoms with E-state index in [1.165, 1.54) is 0 Å². The second-order valence-corrected chi connectivity index (χ2v) is 10.4. The minimum Gasteiger partial charge on any atom is -0.497 e. The van der Waals surface area contributed by atoms with Gasteiger partial charge in [0.25, 0.3) is 0 Å². The number of nitrogens with two attached hydrogens (primary N) is 1. The van der Waals surface area contributed by atoms with Crippen molar-refractivity contribution in [2.24, 2.45) is 5.11 Å². The minimum absolute atomic E-state index is 0.266. The third-order valence-corrected chi connectivity index (χ3v) is 7.01. The molecule has 9 heteroatoms. The Morgan fingerprint density at radius 3 is 1.39 bits per heavy atom. The predicted octanol–water partition coefficient (Wildman–Crippen LogP) is 7.48. The van der Waals surface area contributed by atoms with Crippen LogP contribution in [0.25, 0.3) is 11.1 Å². The molecule has 0 heterocycles. The average molecular weight is 630 g/mol. The van der Waals surface area contributed by atoms with Gasteiger partial charge in [0, 0.05) is 11.6 Å². The van der Waals surface area contributed by atoms with Crippen LogP contribution >= 0.6 is 0 Å². The van der Waals surface area contributed by atoms with E-state index in [0.717, 1.165) is 48.3 Å². The number of methoxy groups -OCH3 is 1. The minimum atomic E-state index is 0.266. The fourth-order valence-corrected chi connectivity index (χ4v) is 4.52. The first-order valence-electron chi connectivity index (χ1n) is 15.8. The van der Waals surface area contributed by atoms with Crippen LogP contribution in [0.1, 0.15) is 39.5 Å². The molecule has 4 aromatic rings. The molecule has 0 saturated carbocycles. The molecule has 0 aromatic heterocycles. The van der Waals surface area contributed by atoms with E-state index in [2.05, 4.69) is 19.0 Å². The Labute approximate surface area is 271 Å². The second kappa shape index (κ2) is 18.8. The van der Waals surface area contributed by atoms with E-state index in [9.17, 15) is 0 Å². The summed E-state index contributed by atoms with van der Waals surface area (Å²) in [6.07, 6.45) is 4.08. The molecule has 0 amide bonds. The molecule has 0 saturated heterocycles. The van der Waals surface area contributed by atoms with Gasteiger partial charge in [-0.2, -0.15) is 5.53 Å². The summed E-state index contributed by atoms with van der Waals surface area (Å²) in [5, 5.41) is 3.98. The van der Waals surface area contributed by atoms with Crippen LogP contribution in [0.4, 0.5) is 5.69 Å². The third-order valence-electron chi connectivity index (χ3n) is 7.01. The summed E-state index contributed by atoms with van der Waals surface area (Å²) in [6.45, 7) is 6.71. The van der Waals surface area contributed by atoms with Crippen molar-refractivity contribution in [1.29, 1.82) is 0 Å². The summed E-state index contributed by atoms with van der Waals surface area (Å²) in [4.78, 5) is 0. The topological polar surface area (TPSA) is 103 Å². The third kappa shape index (κ3) is 10.1. The molecule has 0 spiro atoms. The molecule has 0 aliphatic rings. The van der Waals surface area contributed by atoms with Gasteiger partial charge in [-0.1, -0.05) is 63.1 Å². The van der Waals surface area contributed by atoms with E-state index in [4.69, 9.17) is 38.7 Å². The number of ether oxygens (including phenoxy) is 7. The number of unbranched alkanes of at least 4 members (excludes halogenated alkanes) is 2. The van der Waals surface area contributed by atoms with E-state index in [1.807, 2.05) is 78.9 Å². The van der Waals surface area contributed by atoms with Crippen molar-refractivity contribution in [2.75, 3.05) is 46.8 Å². The summed E-state index contributed by atoms with van der Waals surface area (Å²) >= 11 is 0. The molecule has 0 fully saturated rings. The van der Waals surface area contributed by atoms with Gasteiger partial charge in [-0.15, -0.1) is 0 Å². The molecular weight excluding hydrogens is 584 g/mol. The lowest BCUT2D eigenvalue weighted by Gasteiger charge is -2.17. The molecule has 46 heavy (non-hydrogen) atoms. The van der Waals surface area contributed by atoms with Gasteiger partial charge in [0.15, 0.2) is 34.4 Å². The standard InChI is InChI=1S/C37H44N2O7/c1-4-6-20-41-32-12-8-10-14-34(32)43-22-24-45-36-27-31(39-38)37(26-30(36)28-16-18-29(40-3)19-17-28)46-25-23-44-35-15-11-9-13-33(35)42-21-7-5-2/h8-19,26-27,38H,4-7,20-25H2,1-3H3/p+1. The highest BCUT2D eigenvalue weighted by Gasteiger charge is 2.16. The molecule has 0 aliphatic carbocycles. The molecule has 0 aliphatic heterocycles. The van der Waals surface area contributed by atoms with Gasteiger partial charge in [-0.3, -0.25) is 0 Å². The smallest absolute Gasteiger partial charge is 0.175 e. The molecule has 0 unspecified atom stereocenters. The van der Waals surface area contributed by atoms with Crippen molar-refractivity contribution >= 4 is 5.69 Å². The fraction of sp³-hybridized carbons (Fsp3) is 0.351. The summed E-state index contributed by atoms with van der Waals surface area (Å²) in [6, 6.07) is 26.7. The lowest BCUT2D eigenvalue weighted by Crippen LogP contribution is -2.22. The fourth-order valence-electron chi connectivity index (χ4n) is 4.52. The quantitative estimate of drug-likeness (QED) is 0.0753. The van der Waals surface area contributed by atoms with Gasteiger partial charge in [0.1, 0.15) is 37.9 Å². The lowest BCUT2D eigenvalue weighted by molar-refractivity contribution is -0.210. The first-order chi connectivity index (χ1) is 22.7. The van der Waals surface area contributed by atoms with E-state index in [1.54, 1.807) is 13.2 Å². The van der Waals surface area contributed by atoms with E-state index < -0.39 is 0 Å². The molecule has 2 N–H and O–H groups in total. The van der Waals surface area contributed by atoms with Crippen LogP contribution in [-0.2, 0) is 0 Å². The maximum absolute atomic E-state index is 6.24. The van der Waals surface area contributed by atoms with Crippen LogP contribution in [0.2, 0.25) is 0 Å². The molecule has 9 nitrogen and oxygen atoms in total. The Morgan fingerprint density at radius 2 is 0.957 bits per heavy atom. The number of hydrogen-bond acceptors (Lipinski definition) is 8. The highest BCUT2D eigenvalue weighted by atomic mass is 16.5. The Bertz CT molecular complexity index is 1490. The number of para-hydroxylation sites is 4. The molecule has 4 rings (SSSR count). The van der Waals surface area contributed by atoms with Gasteiger partial charge in [-0.25, -0.2) is 0 Å². The number of rotatable bonds is 21. The number of hydrogen-bond donors (Lipinski definition) is 1. The Kier molecular flexibility index (Phi) is 13.9. The average Bonchev–Trinajstić information content (AvgIpc) is 3.10. The van der Waals surface area contributed by atoms with E-state index >= 15 is 0 Å². The van der Waals surface area contributed by atoms with Crippen LogP contribution in [0.3, 0.4) is 0 Å². The maximum Gasteiger partial charge on any atom is 0.175 e. The summed E-state index contributed by atoms with van der Waals surface area (Å²) in [5.74, 6) is 4.63. The highest BCUT2D eigenvalue weighted by Crippen LogP contribution is 2.41. The molecule has 244 valence electrons. The predicted molar refractivity (Wildman–Crippen MR) is 178 cm³/mol. The van der Waals surface area contributed by atoms with Crippen molar-refractivity contribution in [2.45, 2.75) is 39.5 Å². The maximum atomic E-state index is 6.24. The van der Waals surface area contributed by atoms with Crippen molar-refractivity contribution in [3.05, 3.63) is 84.9 Å². The number of nitrogens with zero attached hydrogens (tertiary/aromatic N) is 1. The molecular formula is C37H45N2O7+. The Morgan fingerprint density at radius 1 is 0.522 bits per heavy atom. The van der Waals surface area contributed by atoms with Crippen LogP contribution in [-0.4, -0.2) is 46.8 Å². The SMILES string of the molecule is CCCCOc1ccccc1OCCOc1cc(-c2ccc(OC)cc2)c(OCCOc2ccccc2OCCCC)cc1N=[NH2+]. The van der Waals surface area contributed by atoms with Crippen LogP contribution in [0.15, 0.2) is 90.0 Å². The van der Waals surface area contributed by atoms with Gasteiger partial charge in [0.2, 0.25) is 0 Å². The zero-order chi connectivity index (χ0) is 32.4. The Hall–Kier alpha value is -4.92. The summed E-state index contributed by atoms with van der Waals surface area (Å²) in [7, 11) is 1.64. The summed E-state index contributed by atoms with van der Waals surface area (Å²) in [5.41, 5.74) is 7.97. The first-order valence-corrected chi connectivity index (χ1v) is 15.8. The molecule has 0 radical (unpaired) electrons. The van der Waals surface area contributed by atoms with Crippen molar-refractivity contribution < 1.29 is 38.7 Å². The molecule has 0 bridgehead atoms. The second-order valence-electron chi connectivity index (χ2n) is 10.4. The van der Waals surface area contributed by atoms with E-state index in [0.29, 0.717) is 60.9 Å². The zero-order valence-electron chi connectivity index (χ0n) is 27.0. The number of benzene rings is 4. The van der Waals surface area contributed by atoms with Gasteiger partial charge in [-0.05, 0) is 66.0 Å². The summed E-state index contributed by atoms with van der Waals surface area (Å²) < 4.78 is 41.5. The Balaban J connectivity index is 1.44. The monoisotopic (exact) mass is 629 g/mol. The lowest BCUT2D eigenvalue weighted by atomic mass is 10.0. The van der Waals surface area contributed by atoms with Crippen LogP contribution in [0.5, 0.6) is 40.2 Å². The van der Waals surface area contributed by atoms with E-state index in [-0.39, 0.29) is 13.2 Å². The highest BCUT2D eigenvalue weighted by molar-refractivity contribution is 5.76. The van der Waals surface area contributed by atoms with Gasteiger partial charge < -0.3 is 33.2 Å². The zero-order valence-corrected chi connectivity index (χ0v) is 27.0. The molecule has 0 atom stereocenters. The molecule has 4 aromatic carbocycles. The van der Waals surface area contributed by atoms with Gasteiger partial charge in [0.05, 0.1) is 20.3 Å². The normalized spacial score (nSPS) is 10.6. The largest absolute Gasteiger partial charge is 0.497 e. The van der Waals surface area contributed by atoms with Crippen LogP contribution < -0.4 is 38.7 Å². The van der Waals surface area contributed by atoms with Crippen molar-refractivity contribution in [1.82, 2.24) is 0 Å². The van der Waals surface area contributed by atoms with Crippen molar-refractivity contribution in [3.8, 4) is 51.4 Å².